The SMILES string of the molecule is Cc1c(N)cccc1NC(=O)c1ccc(/C=C/C2CC2)cc1. The second kappa shape index (κ2) is 6.06. The van der Waals surface area contributed by atoms with Gasteiger partial charge in [-0.05, 0) is 61.1 Å². The highest BCUT2D eigenvalue weighted by Crippen LogP contribution is 2.30. The largest absolute Gasteiger partial charge is 0.398 e. The van der Waals surface area contributed by atoms with E-state index in [1.54, 1.807) is 0 Å². The second-order valence-corrected chi connectivity index (χ2v) is 5.79. The van der Waals surface area contributed by atoms with E-state index in [9.17, 15) is 4.79 Å². The molecule has 0 spiro atoms. The summed E-state index contributed by atoms with van der Waals surface area (Å²) in [4.78, 5) is 12.3. The smallest absolute Gasteiger partial charge is 0.255 e. The fourth-order valence-corrected chi connectivity index (χ4v) is 2.26. The van der Waals surface area contributed by atoms with Gasteiger partial charge in [0.15, 0.2) is 0 Å². The van der Waals surface area contributed by atoms with Crippen molar-refractivity contribution in [1.82, 2.24) is 0 Å². The zero-order valence-electron chi connectivity index (χ0n) is 12.7. The molecule has 3 rings (SSSR count). The summed E-state index contributed by atoms with van der Waals surface area (Å²) in [5.74, 6) is 0.640. The molecule has 0 atom stereocenters. The number of nitrogen functional groups attached to an aromatic ring is 1. The van der Waals surface area contributed by atoms with E-state index in [0.29, 0.717) is 11.3 Å². The van der Waals surface area contributed by atoms with Gasteiger partial charge in [-0.1, -0.05) is 30.4 Å². The highest BCUT2D eigenvalue weighted by atomic mass is 16.1. The maximum atomic E-state index is 12.3. The Morgan fingerprint density at radius 3 is 2.59 bits per heavy atom. The molecular weight excluding hydrogens is 272 g/mol. The van der Waals surface area contributed by atoms with Crippen LogP contribution in [-0.4, -0.2) is 5.91 Å². The van der Waals surface area contributed by atoms with E-state index in [-0.39, 0.29) is 5.91 Å². The van der Waals surface area contributed by atoms with Crippen molar-refractivity contribution in [2.45, 2.75) is 19.8 Å². The molecule has 0 bridgehead atoms. The molecular formula is C19H20N2O. The van der Waals surface area contributed by atoms with Crippen molar-refractivity contribution in [1.29, 1.82) is 0 Å². The van der Waals surface area contributed by atoms with E-state index < -0.39 is 0 Å². The zero-order chi connectivity index (χ0) is 15.5. The molecule has 22 heavy (non-hydrogen) atoms. The Kier molecular flexibility index (Phi) is 3.96. The molecule has 3 N–H and O–H groups in total. The fraction of sp³-hybridized carbons (Fsp3) is 0.211. The molecule has 0 unspecified atom stereocenters. The van der Waals surface area contributed by atoms with Gasteiger partial charge in [0, 0.05) is 16.9 Å². The first kappa shape index (κ1) is 14.4. The van der Waals surface area contributed by atoms with Gasteiger partial charge in [-0.3, -0.25) is 4.79 Å². The van der Waals surface area contributed by atoms with E-state index >= 15 is 0 Å². The Balaban J connectivity index is 1.70. The molecule has 1 fully saturated rings. The van der Waals surface area contributed by atoms with Gasteiger partial charge in [-0.2, -0.15) is 0 Å². The van der Waals surface area contributed by atoms with Crippen LogP contribution in [-0.2, 0) is 0 Å². The number of hydrogen-bond donors (Lipinski definition) is 2. The quantitative estimate of drug-likeness (QED) is 0.828. The van der Waals surface area contributed by atoms with Crippen molar-refractivity contribution < 1.29 is 4.79 Å². The molecule has 112 valence electrons. The summed E-state index contributed by atoms with van der Waals surface area (Å²) < 4.78 is 0. The van der Waals surface area contributed by atoms with Gasteiger partial charge < -0.3 is 11.1 Å². The lowest BCUT2D eigenvalue weighted by molar-refractivity contribution is 0.102. The van der Waals surface area contributed by atoms with Crippen molar-refractivity contribution in [3.63, 3.8) is 0 Å². The normalized spacial score (nSPS) is 14.2. The van der Waals surface area contributed by atoms with Crippen LogP contribution in [0.25, 0.3) is 6.08 Å². The Hall–Kier alpha value is -2.55. The van der Waals surface area contributed by atoms with Crippen molar-refractivity contribution in [3.8, 4) is 0 Å². The van der Waals surface area contributed by atoms with Crippen LogP contribution in [0.2, 0.25) is 0 Å². The molecule has 1 amide bonds. The summed E-state index contributed by atoms with van der Waals surface area (Å²) in [6, 6.07) is 13.2. The van der Waals surface area contributed by atoms with Gasteiger partial charge in [0.05, 0.1) is 0 Å². The van der Waals surface area contributed by atoms with E-state index in [4.69, 9.17) is 5.73 Å². The fourth-order valence-electron chi connectivity index (χ4n) is 2.26. The van der Waals surface area contributed by atoms with Crippen molar-refractivity contribution in [2.75, 3.05) is 11.1 Å². The van der Waals surface area contributed by atoms with Crippen molar-refractivity contribution in [3.05, 3.63) is 65.2 Å². The number of nitrogens with two attached hydrogens (primary N) is 1. The third-order valence-electron chi connectivity index (χ3n) is 3.98. The molecule has 1 aliphatic carbocycles. The van der Waals surface area contributed by atoms with Gasteiger partial charge >= 0.3 is 0 Å². The van der Waals surface area contributed by atoms with Crippen LogP contribution in [0.1, 0.15) is 34.3 Å². The Morgan fingerprint density at radius 2 is 1.91 bits per heavy atom. The number of carbonyl (C=O) groups excluding carboxylic acids is 1. The third-order valence-corrected chi connectivity index (χ3v) is 3.98. The predicted molar refractivity (Wildman–Crippen MR) is 91.7 cm³/mol. The summed E-state index contributed by atoms with van der Waals surface area (Å²) in [7, 11) is 0. The van der Waals surface area contributed by atoms with E-state index in [0.717, 1.165) is 22.7 Å². The maximum absolute atomic E-state index is 12.3. The Morgan fingerprint density at radius 1 is 1.18 bits per heavy atom. The highest BCUT2D eigenvalue weighted by Gasteiger charge is 2.16. The minimum atomic E-state index is -0.119. The van der Waals surface area contributed by atoms with Crippen LogP contribution in [0, 0.1) is 12.8 Å². The number of allylic oxidation sites excluding steroid dienone is 1. The standard InChI is InChI=1S/C19H20N2O/c1-13-17(20)3-2-4-18(13)21-19(22)16-11-9-15(10-12-16)8-7-14-5-6-14/h2-4,7-12,14H,5-6,20H2,1H3,(H,21,22)/b8-7+. The lowest BCUT2D eigenvalue weighted by atomic mass is 10.1. The predicted octanol–water partition coefficient (Wildman–Crippen LogP) is 4.25. The monoisotopic (exact) mass is 292 g/mol. The van der Waals surface area contributed by atoms with Gasteiger partial charge in [0.1, 0.15) is 0 Å². The molecule has 0 heterocycles. The summed E-state index contributed by atoms with van der Waals surface area (Å²) in [5, 5.41) is 2.91. The van der Waals surface area contributed by atoms with E-state index in [1.165, 1.54) is 12.8 Å². The minimum Gasteiger partial charge on any atom is -0.398 e. The van der Waals surface area contributed by atoms with Crippen LogP contribution in [0.5, 0.6) is 0 Å². The number of rotatable bonds is 4. The molecule has 0 aliphatic heterocycles. The zero-order valence-corrected chi connectivity index (χ0v) is 12.7. The van der Waals surface area contributed by atoms with Gasteiger partial charge in [-0.15, -0.1) is 0 Å². The lowest BCUT2D eigenvalue weighted by Crippen LogP contribution is -2.13. The summed E-state index contributed by atoms with van der Waals surface area (Å²) >= 11 is 0. The number of nitrogens with one attached hydrogen (secondary N) is 1. The van der Waals surface area contributed by atoms with E-state index in [1.807, 2.05) is 49.4 Å². The average Bonchev–Trinajstić information content (AvgIpc) is 3.34. The topological polar surface area (TPSA) is 55.1 Å². The average molecular weight is 292 g/mol. The van der Waals surface area contributed by atoms with Crippen LogP contribution >= 0.6 is 0 Å². The minimum absolute atomic E-state index is 0.119. The molecule has 3 nitrogen and oxygen atoms in total. The molecule has 1 aliphatic rings. The number of carbonyl (C=O) groups is 1. The molecule has 0 radical (unpaired) electrons. The molecule has 1 saturated carbocycles. The molecule has 0 saturated heterocycles. The number of amides is 1. The van der Waals surface area contributed by atoms with Crippen LogP contribution in [0.3, 0.4) is 0 Å². The third kappa shape index (κ3) is 3.37. The van der Waals surface area contributed by atoms with Gasteiger partial charge in [0.25, 0.3) is 5.91 Å². The molecule has 3 heteroatoms. The van der Waals surface area contributed by atoms with Gasteiger partial charge in [0.2, 0.25) is 0 Å². The first-order valence-corrected chi connectivity index (χ1v) is 7.58. The maximum Gasteiger partial charge on any atom is 0.255 e. The molecule has 2 aromatic rings. The van der Waals surface area contributed by atoms with Crippen LogP contribution in [0.15, 0.2) is 48.5 Å². The number of hydrogen-bond acceptors (Lipinski definition) is 2. The lowest BCUT2D eigenvalue weighted by Gasteiger charge is -2.10. The van der Waals surface area contributed by atoms with Gasteiger partial charge in [-0.25, -0.2) is 0 Å². The second-order valence-electron chi connectivity index (χ2n) is 5.79. The summed E-state index contributed by atoms with van der Waals surface area (Å²) in [6.07, 6.45) is 6.97. The van der Waals surface area contributed by atoms with Crippen molar-refractivity contribution >= 4 is 23.4 Å². The first-order chi connectivity index (χ1) is 10.6. The number of benzene rings is 2. The number of anilines is 2. The van der Waals surface area contributed by atoms with Crippen molar-refractivity contribution in [2.24, 2.45) is 5.92 Å². The summed E-state index contributed by atoms with van der Waals surface area (Å²) in [5.41, 5.74) is 9.95. The summed E-state index contributed by atoms with van der Waals surface area (Å²) in [6.45, 7) is 1.90. The van der Waals surface area contributed by atoms with Crippen LogP contribution < -0.4 is 11.1 Å². The van der Waals surface area contributed by atoms with E-state index in [2.05, 4.69) is 17.5 Å². The highest BCUT2D eigenvalue weighted by molar-refractivity contribution is 6.05. The molecule has 0 aromatic heterocycles. The Bertz CT molecular complexity index is 713. The van der Waals surface area contributed by atoms with Crippen LogP contribution in [0.4, 0.5) is 11.4 Å². The molecule has 2 aromatic carbocycles. The first-order valence-electron chi connectivity index (χ1n) is 7.58. The Labute approximate surface area is 130 Å².